The molecule has 1 aromatic heterocycles. The molecule has 0 atom stereocenters. The Balaban J connectivity index is 2.01. The monoisotopic (exact) mass is 452 g/mol. The lowest BCUT2D eigenvalue weighted by molar-refractivity contribution is -0.384. The molecule has 9 heteroatoms. The normalized spacial score (nSPS) is 11.7. The maximum Gasteiger partial charge on any atom is 0.280 e. The maximum atomic E-state index is 13.4. The highest BCUT2D eigenvalue weighted by molar-refractivity contribution is 6.03. The Morgan fingerprint density at radius 2 is 1.82 bits per heavy atom. The Kier molecular flexibility index (Phi) is 7.78. The molecule has 9 nitrogen and oxygen atoms in total. The number of aliphatic imine (C=N–C) groups is 1. The van der Waals surface area contributed by atoms with E-state index in [1.165, 1.54) is 28.9 Å². The second-order valence-electron chi connectivity index (χ2n) is 7.74. The van der Waals surface area contributed by atoms with Gasteiger partial charge in [0.1, 0.15) is 5.75 Å². The molecule has 0 aliphatic heterocycles. The number of hydrogen-bond donors (Lipinski definition) is 1. The zero-order valence-electron chi connectivity index (χ0n) is 19.2. The van der Waals surface area contributed by atoms with Crippen molar-refractivity contribution in [1.82, 2.24) is 9.78 Å². The molecule has 0 amide bonds. The van der Waals surface area contributed by atoms with Gasteiger partial charge >= 0.3 is 0 Å². The number of ether oxygens (including phenoxy) is 2. The number of aromatic nitrogens is 2. The number of non-ortho nitro benzene ring substituents is 1. The average Bonchev–Trinajstić information content (AvgIpc) is 3.15. The lowest BCUT2D eigenvalue weighted by Crippen LogP contribution is -2.20. The van der Waals surface area contributed by atoms with Crippen LogP contribution < -0.4 is 10.3 Å². The fraction of sp³-hybridized carbons (Fsp3) is 0.333. The summed E-state index contributed by atoms with van der Waals surface area (Å²) in [5.41, 5.74) is 2.62. The zero-order chi connectivity index (χ0) is 24.0. The third kappa shape index (κ3) is 5.75. The highest BCUT2D eigenvalue weighted by atomic mass is 16.6. The van der Waals surface area contributed by atoms with Crippen molar-refractivity contribution in [2.24, 2.45) is 4.99 Å². The van der Waals surface area contributed by atoms with Crippen LogP contribution in [0.4, 0.5) is 5.69 Å². The van der Waals surface area contributed by atoms with Crippen molar-refractivity contribution in [1.29, 1.82) is 0 Å². The van der Waals surface area contributed by atoms with Crippen LogP contribution in [0.2, 0.25) is 0 Å². The summed E-state index contributed by atoms with van der Waals surface area (Å²) in [4.78, 5) is 28.5. The van der Waals surface area contributed by atoms with E-state index in [4.69, 9.17) is 9.47 Å². The van der Waals surface area contributed by atoms with Gasteiger partial charge in [0.25, 0.3) is 11.2 Å². The summed E-state index contributed by atoms with van der Waals surface area (Å²) in [6.07, 6.45) is 0.907. The van der Waals surface area contributed by atoms with Crippen molar-refractivity contribution in [2.75, 3.05) is 20.3 Å². The molecule has 3 rings (SSSR count). The van der Waals surface area contributed by atoms with E-state index in [9.17, 15) is 14.9 Å². The third-order valence-electron chi connectivity index (χ3n) is 5.05. The number of nitrogens with one attached hydrogen (secondary N) is 1. The smallest absolute Gasteiger partial charge is 0.280 e. The Morgan fingerprint density at radius 1 is 1.15 bits per heavy atom. The minimum absolute atomic E-state index is 0.0460. The SMILES string of the molecule is COc1ccc(-c2[nH]n(-c3ccc([N+](=O)[O-])cc3)c(=O)c2C(C)=NCCCOC(C)C)cc1. The number of hydrogen-bond acceptors (Lipinski definition) is 6. The Bertz CT molecular complexity index is 1180. The van der Waals surface area contributed by atoms with Gasteiger partial charge in [0.15, 0.2) is 0 Å². The lowest BCUT2D eigenvalue weighted by atomic mass is 10.0. The summed E-state index contributed by atoms with van der Waals surface area (Å²) in [5, 5.41) is 14.1. The molecule has 0 bridgehead atoms. The van der Waals surface area contributed by atoms with E-state index >= 15 is 0 Å². The first-order valence-corrected chi connectivity index (χ1v) is 10.7. The number of nitro benzene ring substituents is 1. The molecule has 3 aromatic rings. The van der Waals surface area contributed by atoms with E-state index in [-0.39, 0.29) is 17.4 Å². The first kappa shape index (κ1) is 23.9. The van der Waals surface area contributed by atoms with E-state index in [1.54, 1.807) is 14.0 Å². The quantitative estimate of drug-likeness (QED) is 0.212. The Hall–Kier alpha value is -3.72. The van der Waals surface area contributed by atoms with Crippen LogP contribution in [0.5, 0.6) is 5.75 Å². The lowest BCUT2D eigenvalue weighted by Gasteiger charge is -2.06. The molecule has 0 fully saturated rings. The van der Waals surface area contributed by atoms with Crippen molar-refractivity contribution in [3.05, 3.63) is 74.6 Å². The second kappa shape index (κ2) is 10.7. The van der Waals surface area contributed by atoms with E-state index in [2.05, 4.69) is 10.1 Å². The van der Waals surface area contributed by atoms with Gasteiger partial charge in [0.2, 0.25) is 0 Å². The van der Waals surface area contributed by atoms with Crippen molar-refractivity contribution in [3.63, 3.8) is 0 Å². The Labute approximate surface area is 191 Å². The maximum absolute atomic E-state index is 13.4. The van der Waals surface area contributed by atoms with Crippen molar-refractivity contribution < 1.29 is 14.4 Å². The van der Waals surface area contributed by atoms with Gasteiger partial charge in [0.05, 0.1) is 35.1 Å². The number of H-pyrrole nitrogens is 1. The molecule has 1 N–H and O–H groups in total. The van der Waals surface area contributed by atoms with E-state index in [0.717, 1.165) is 12.0 Å². The molecule has 0 aliphatic carbocycles. The van der Waals surface area contributed by atoms with Gasteiger partial charge in [-0.3, -0.25) is 25.0 Å². The fourth-order valence-corrected chi connectivity index (χ4v) is 3.35. The van der Waals surface area contributed by atoms with Crippen molar-refractivity contribution in [3.8, 4) is 22.7 Å². The molecule has 0 aliphatic rings. The summed E-state index contributed by atoms with van der Waals surface area (Å²) < 4.78 is 12.2. The molecule has 174 valence electrons. The van der Waals surface area contributed by atoms with Crippen LogP contribution in [0.1, 0.15) is 32.8 Å². The first-order chi connectivity index (χ1) is 15.8. The minimum atomic E-state index is -0.477. The van der Waals surface area contributed by atoms with Gasteiger partial charge in [-0.25, -0.2) is 4.68 Å². The van der Waals surface area contributed by atoms with Crippen molar-refractivity contribution in [2.45, 2.75) is 33.3 Å². The minimum Gasteiger partial charge on any atom is -0.497 e. The van der Waals surface area contributed by atoms with Crippen LogP contribution in [0.3, 0.4) is 0 Å². The summed E-state index contributed by atoms with van der Waals surface area (Å²) in [7, 11) is 1.59. The number of aromatic amines is 1. The summed E-state index contributed by atoms with van der Waals surface area (Å²) in [6.45, 7) is 6.90. The summed E-state index contributed by atoms with van der Waals surface area (Å²) in [6, 6.07) is 13.2. The molecule has 0 saturated carbocycles. The topological polar surface area (TPSA) is 112 Å². The number of benzene rings is 2. The predicted molar refractivity (Wildman–Crippen MR) is 128 cm³/mol. The molecular formula is C24H28N4O5. The molecule has 1 heterocycles. The molecule has 0 radical (unpaired) electrons. The average molecular weight is 453 g/mol. The van der Waals surface area contributed by atoms with Crippen LogP contribution in [-0.4, -0.2) is 46.8 Å². The number of nitro groups is 1. The molecule has 0 spiro atoms. The van der Waals surface area contributed by atoms with E-state index in [1.807, 2.05) is 38.1 Å². The van der Waals surface area contributed by atoms with Crippen LogP contribution in [0.25, 0.3) is 16.9 Å². The van der Waals surface area contributed by atoms with Gasteiger partial charge in [-0.05, 0) is 63.6 Å². The van der Waals surface area contributed by atoms with E-state index < -0.39 is 4.92 Å². The zero-order valence-corrected chi connectivity index (χ0v) is 19.2. The van der Waals surface area contributed by atoms with E-state index in [0.29, 0.717) is 41.6 Å². The van der Waals surface area contributed by atoms with Crippen molar-refractivity contribution >= 4 is 11.4 Å². The van der Waals surface area contributed by atoms with Gasteiger partial charge in [-0.1, -0.05) is 0 Å². The second-order valence-corrected chi connectivity index (χ2v) is 7.74. The van der Waals surface area contributed by atoms with Crippen LogP contribution in [-0.2, 0) is 4.74 Å². The Morgan fingerprint density at radius 3 is 2.39 bits per heavy atom. The number of rotatable bonds is 10. The molecule has 0 saturated heterocycles. The summed E-state index contributed by atoms with van der Waals surface area (Å²) in [5.74, 6) is 0.702. The van der Waals surface area contributed by atoms with Crippen LogP contribution >= 0.6 is 0 Å². The summed E-state index contributed by atoms with van der Waals surface area (Å²) >= 11 is 0. The third-order valence-corrected chi connectivity index (χ3v) is 5.05. The fourth-order valence-electron chi connectivity index (χ4n) is 3.35. The van der Waals surface area contributed by atoms with Crippen LogP contribution in [0, 0.1) is 10.1 Å². The van der Waals surface area contributed by atoms with Gasteiger partial charge in [-0.2, -0.15) is 0 Å². The molecular weight excluding hydrogens is 424 g/mol. The highest BCUT2D eigenvalue weighted by Gasteiger charge is 2.20. The largest absolute Gasteiger partial charge is 0.497 e. The molecule has 2 aromatic carbocycles. The standard InChI is InChI=1S/C24H28N4O5/c1-16(2)33-15-5-14-25-17(3)22-23(18-6-12-21(32-4)13-7-18)26-27(24(22)29)19-8-10-20(11-9-19)28(30)31/h6-13,16,26H,5,14-15H2,1-4H3. The first-order valence-electron chi connectivity index (χ1n) is 10.7. The number of methoxy groups -OCH3 is 1. The number of nitrogens with zero attached hydrogens (tertiary/aromatic N) is 3. The molecule has 0 unspecified atom stereocenters. The van der Waals surface area contributed by atoms with Crippen LogP contribution in [0.15, 0.2) is 58.3 Å². The van der Waals surface area contributed by atoms with Gasteiger partial charge in [0, 0.05) is 36.6 Å². The highest BCUT2D eigenvalue weighted by Crippen LogP contribution is 2.24. The van der Waals surface area contributed by atoms with Gasteiger partial charge < -0.3 is 9.47 Å². The van der Waals surface area contributed by atoms with Gasteiger partial charge in [-0.15, -0.1) is 0 Å². The molecule has 33 heavy (non-hydrogen) atoms. The predicted octanol–water partition coefficient (Wildman–Crippen LogP) is 4.37.